The van der Waals surface area contributed by atoms with Gasteiger partial charge in [0.2, 0.25) is 0 Å². The number of carbonyl (C=O) groups excluding carboxylic acids is 1. The molecule has 0 spiro atoms. The quantitative estimate of drug-likeness (QED) is 0.439. The van der Waals surface area contributed by atoms with E-state index in [0.717, 1.165) is 32.1 Å². The number of amides is 1. The zero-order chi connectivity index (χ0) is 16.9. The van der Waals surface area contributed by atoms with Crippen molar-refractivity contribution in [2.45, 2.75) is 27.7 Å². The first-order valence-electron chi connectivity index (χ1n) is 8.27. The van der Waals surface area contributed by atoms with Gasteiger partial charge in [0.25, 0.3) is 5.91 Å². The molecule has 1 aromatic heterocycles. The van der Waals surface area contributed by atoms with Crippen LogP contribution < -0.4 is 5.32 Å². The monoisotopic (exact) mass is 448 g/mol. The Labute approximate surface area is 161 Å². The summed E-state index contributed by atoms with van der Waals surface area (Å²) in [6, 6.07) is 3.45. The van der Waals surface area contributed by atoms with Crippen LogP contribution in [0.2, 0.25) is 0 Å². The van der Waals surface area contributed by atoms with Crippen molar-refractivity contribution < 1.29 is 9.21 Å². The minimum absolute atomic E-state index is 0. The first kappa shape index (κ1) is 20.8. The van der Waals surface area contributed by atoms with E-state index in [1.807, 2.05) is 4.90 Å². The van der Waals surface area contributed by atoms with E-state index in [4.69, 9.17) is 9.41 Å². The number of rotatable bonds is 3. The van der Waals surface area contributed by atoms with Gasteiger partial charge in [-0.25, -0.2) is 0 Å². The summed E-state index contributed by atoms with van der Waals surface area (Å²) >= 11 is 0. The number of hydrogen-bond acceptors (Lipinski definition) is 3. The first-order chi connectivity index (χ1) is 10.9. The maximum absolute atomic E-state index is 12.3. The van der Waals surface area contributed by atoms with Gasteiger partial charge in [-0.3, -0.25) is 9.79 Å². The van der Waals surface area contributed by atoms with Crippen molar-refractivity contribution in [2.24, 2.45) is 10.4 Å². The summed E-state index contributed by atoms with van der Waals surface area (Å²) < 4.78 is 5.20. The molecule has 0 radical (unpaired) electrons. The fourth-order valence-corrected chi connectivity index (χ4v) is 2.42. The molecule has 1 aromatic rings. The summed E-state index contributed by atoms with van der Waals surface area (Å²) in [6.07, 6.45) is 1.53. The number of guanidine groups is 1. The second-order valence-corrected chi connectivity index (χ2v) is 6.99. The Kier molecular flexibility index (Phi) is 8.05. The molecule has 1 aliphatic rings. The lowest BCUT2D eigenvalue weighted by Gasteiger charge is -2.36. The largest absolute Gasteiger partial charge is 0.459 e. The minimum atomic E-state index is -0.0359. The van der Waals surface area contributed by atoms with Gasteiger partial charge in [-0.2, -0.15) is 0 Å². The molecule has 6 nitrogen and oxygen atoms in total. The van der Waals surface area contributed by atoms with E-state index in [9.17, 15) is 4.79 Å². The fourth-order valence-electron chi connectivity index (χ4n) is 2.42. The molecule has 0 aromatic carbocycles. The number of nitrogens with zero attached hydrogens (tertiary/aromatic N) is 3. The lowest BCUT2D eigenvalue weighted by atomic mass is 9.97. The van der Waals surface area contributed by atoms with E-state index in [-0.39, 0.29) is 35.3 Å². The second kappa shape index (κ2) is 9.29. The van der Waals surface area contributed by atoms with Crippen LogP contribution in [0, 0.1) is 5.41 Å². The molecular formula is C17H29IN4O2. The van der Waals surface area contributed by atoms with Crippen LogP contribution >= 0.6 is 24.0 Å². The number of aliphatic imine (C=N–C) groups is 1. The molecule has 0 bridgehead atoms. The lowest BCUT2D eigenvalue weighted by molar-refractivity contribution is 0.0657. The van der Waals surface area contributed by atoms with Crippen molar-refractivity contribution in [2.75, 3.05) is 39.3 Å². The molecule has 136 valence electrons. The maximum atomic E-state index is 12.3. The van der Waals surface area contributed by atoms with Gasteiger partial charge < -0.3 is 19.5 Å². The molecule has 0 aliphatic carbocycles. The molecule has 0 unspecified atom stereocenters. The summed E-state index contributed by atoms with van der Waals surface area (Å²) in [5.41, 5.74) is 0.164. The number of nitrogens with one attached hydrogen (secondary N) is 1. The molecule has 24 heavy (non-hydrogen) atoms. The third kappa shape index (κ3) is 5.99. The Bertz CT molecular complexity index is 529. The highest BCUT2D eigenvalue weighted by Gasteiger charge is 2.25. The standard InChI is InChI=1S/C17H28N4O2.HI/c1-5-18-16(19-13-17(2,3)4)21-10-8-20(9-11-21)15(22)14-7-6-12-23-14;/h6-7,12H,5,8-11,13H2,1-4H3,(H,18,19);1H. The third-order valence-electron chi connectivity index (χ3n) is 3.64. The minimum Gasteiger partial charge on any atom is -0.459 e. The number of halogens is 1. The van der Waals surface area contributed by atoms with Crippen molar-refractivity contribution in [3.05, 3.63) is 24.2 Å². The van der Waals surface area contributed by atoms with Crippen LogP contribution in [-0.4, -0.2) is 60.9 Å². The predicted molar refractivity (Wildman–Crippen MR) is 107 cm³/mol. The molecule has 1 amide bonds. The molecule has 1 N–H and O–H groups in total. The van der Waals surface area contributed by atoms with Gasteiger partial charge in [0, 0.05) is 39.3 Å². The number of piperazine rings is 1. The number of furan rings is 1. The first-order valence-corrected chi connectivity index (χ1v) is 8.27. The van der Waals surface area contributed by atoms with Crippen LogP contribution in [0.1, 0.15) is 38.2 Å². The average molecular weight is 448 g/mol. The second-order valence-electron chi connectivity index (χ2n) is 6.99. The van der Waals surface area contributed by atoms with Crippen LogP contribution in [0.5, 0.6) is 0 Å². The third-order valence-corrected chi connectivity index (χ3v) is 3.64. The van der Waals surface area contributed by atoms with E-state index in [2.05, 4.69) is 37.9 Å². The Hall–Kier alpha value is -1.25. The van der Waals surface area contributed by atoms with Gasteiger partial charge in [0.1, 0.15) is 0 Å². The van der Waals surface area contributed by atoms with Gasteiger partial charge in [-0.1, -0.05) is 20.8 Å². The van der Waals surface area contributed by atoms with Gasteiger partial charge in [0.05, 0.1) is 6.26 Å². The van der Waals surface area contributed by atoms with Crippen LogP contribution in [0.15, 0.2) is 27.8 Å². The normalized spacial score (nSPS) is 15.9. The Morgan fingerprint density at radius 3 is 2.38 bits per heavy atom. The molecule has 0 atom stereocenters. The van der Waals surface area contributed by atoms with Crippen LogP contribution in [0.25, 0.3) is 0 Å². The van der Waals surface area contributed by atoms with Crippen molar-refractivity contribution in [3.8, 4) is 0 Å². The highest BCUT2D eigenvalue weighted by atomic mass is 127. The van der Waals surface area contributed by atoms with E-state index >= 15 is 0 Å². The summed E-state index contributed by atoms with van der Waals surface area (Å²) in [7, 11) is 0. The topological polar surface area (TPSA) is 61.1 Å². The van der Waals surface area contributed by atoms with Crippen molar-refractivity contribution in [1.29, 1.82) is 0 Å². The van der Waals surface area contributed by atoms with E-state index in [1.165, 1.54) is 6.26 Å². The van der Waals surface area contributed by atoms with Crippen molar-refractivity contribution in [3.63, 3.8) is 0 Å². The zero-order valence-corrected chi connectivity index (χ0v) is 17.4. The number of carbonyl (C=O) groups is 1. The molecule has 2 rings (SSSR count). The Morgan fingerprint density at radius 1 is 1.25 bits per heavy atom. The van der Waals surface area contributed by atoms with Gasteiger partial charge in [-0.15, -0.1) is 24.0 Å². The molecule has 1 saturated heterocycles. The summed E-state index contributed by atoms with van der Waals surface area (Å²) in [6.45, 7) is 13.2. The van der Waals surface area contributed by atoms with Gasteiger partial charge in [0.15, 0.2) is 11.7 Å². The smallest absolute Gasteiger partial charge is 0.289 e. The molecule has 7 heteroatoms. The van der Waals surface area contributed by atoms with E-state index < -0.39 is 0 Å². The molecule has 1 aliphatic heterocycles. The van der Waals surface area contributed by atoms with Gasteiger partial charge in [-0.05, 0) is 24.5 Å². The molecule has 2 heterocycles. The lowest BCUT2D eigenvalue weighted by Crippen LogP contribution is -2.53. The average Bonchev–Trinajstić information content (AvgIpc) is 3.04. The van der Waals surface area contributed by atoms with Crippen LogP contribution in [-0.2, 0) is 0 Å². The summed E-state index contributed by atoms with van der Waals surface area (Å²) in [4.78, 5) is 21.1. The van der Waals surface area contributed by atoms with E-state index in [0.29, 0.717) is 18.8 Å². The molecule has 1 fully saturated rings. The molecular weight excluding hydrogens is 419 g/mol. The SMILES string of the molecule is CCNC(=NCC(C)(C)C)N1CCN(C(=O)c2ccco2)CC1.I. The number of hydrogen-bond donors (Lipinski definition) is 1. The fraction of sp³-hybridized carbons (Fsp3) is 0.647. The summed E-state index contributed by atoms with van der Waals surface area (Å²) in [5, 5.41) is 3.35. The van der Waals surface area contributed by atoms with E-state index in [1.54, 1.807) is 12.1 Å². The van der Waals surface area contributed by atoms with Crippen LogP contribution in [0.3, 0.4) is 0 Å². The molecule has 0 saturated carbocycles. The summed E-state index contributed by atoms with van der Waals surface area (Å²) in [5.74, 6) is 1.31. The highest BCUT2D eigenvalue weighted by molar-refractivity contribution is 14.0. The predicted octanol–water partition coefficient (Wildman–Crippen LogP) is 2.67. The Balaban J connectivity index is 0.00000288. The Morgan fingerprint density at radius 2 is 1.88 bits per heavy atom. The van der Waals surface area contributed by atoms with Crippen molar-refractivity contribution in [1.82, 2.24) is 15.1 Å². The van der Waals surface area contributed by atoms with Crippen LogP contribution in [0.4, 0.5) is 0 Å². The highest BCUT2D eigenvalue weighted by Crippen LogP contribution is 2.14. The zero-order valence-electron chi connectivity index (χ0n) is 15.0. The van der Waals surface area contributed by atoms with Gasteiger partial charge >= 0.3 is 0 Å². The van der Waals surface area contributed by atoms with Crippen molar-refractivity contribution >= 4 is 35.8 Å². The maximum Gasteiger partial charge on any atom is 0.289 e.